The van der Waals surface area contributed by atoms with Gasteiger partial charge in [0, 0.05) is 64.9 Å². The summed E-state index contributed by atoms with van der Waals surface area (Å²) < 4.78 is 0. The first-order valence-electron chi connectivity index (χ1n) is 11.0. The summed E-state index contributed by atoms with van der Waals surface area (Å²) in [6, 6.07) is 17.3. The molecule has 9 heteroatoms. The number of nitro groups is 1. The number of pyridine rings is 1. The molecule has 0 radical (unpaired) electrons. The summed E-state index contributed by atoms with van der Waals surface area (Å²) in [5, 5.41) is 14.3. The number of aromatic nitrogens is 1. The molecule has 4 atom stereocenters. The number of nitrogens with one attached hydrogen (secondary N) is 1. The van der Waals surface area contributed by atoms with Crippen molar-refractivity contribution in [3.05, 3.63) is 99.9 Å². The van der Waals surface area contributed by atoms with Gasteiger partial charge in [0.15, 0.2) is 5.78 Å². The van der Waals surface area contributed by atoms with Gasteiger partial charge in [-0.2, -0.15) is 0 Å². The molecule has 3 aliphatic rings. The summed E-state index contributed by atoms with van der Waals surface area (Å²) in [4.78, 5) is 45.2. The molecule has 8 nitrogen and oxygen atoms in total. The van der Waals surface area contributed by atoms with Crippen molar-refractivity contribution in [1.29, 1.82) is 0 Å². The van der Waals surface area contributed by atoms with Crippen LogP contribution in [0.1, 0.15) is 27.4 Å². The number of ketones is 1. The maximum absolute atomic E-state index is 14.2. The van der Waals surface area contributed by atoms with Crippen LogP contribution in [0.15, 0.2) is 73.1 Å². The summed E-state index contributed by atoms with van der Waals surface area (Å²) in [7, 11) is 0. The Morgan fingerprint density at radius 2 is 1.94 bits per heavy atom. The van der Waals surface area contributed by atoms with Crippen molar-refractivity contribution in [2.24, 2.45) is 5.92 Å². The minimum atomic E-state index is -1.16. The molecule has 6 rings (SSSR count). The maximum Gasteiger partial charge on any atom is 0.269 e. The number of rotatable bonds is 4. The fourth-order valence-electron chi connectivity index (χ4n) is 5.91. The smallest absolute Gasteiger partial charge is 0.269 e. The van der Waals surface area contributed by atoms with Crippen LogP contribution in [0.2, 0.25) is 0 Å². The molecule has 1 aromatic heterocycles. The summed E-state index contributed by atoms with van der Waals surface area (Å²) in [5.74, 6) is -0.00811. The number of anilines is 1. The second-order valence-corrected chi connectivity index (χ2v) is 9.76. The van der Waals surface area contributed by atoms with E-state index in [-0.39, 0.29) is 29.3 Å². The molecule has 3 aliphatic heterocycles. The molecule has 0 bridgehead atoms. The van der Waals surface area contributed by atoms with Crippen LogP contribution in [0.4, 0.5) is 11.4 Å². The molecule has 1 amide bonds. The van der Waals surface area contributed by atoms with Crippen LogP contribution in [0.5, 0.6) is 0 Å². The number of para-hydroxylation sites is 1. The number of non-ortho nitro benzene ring substituents is 1. The molecule has 0 saturated carbocycles. The molecule has 0 unspecified atom stereocenters. The lowest BCUT2D eigenvalue weighted by atomic mass is 9.69. The van der Waals surface area contributed by atoms with Gasteiger partial charge in [0.05, 0.1) is 10.8 Å². The Morgan fingerprint density at radius 3 is 2.68 bits per heavy atom. The highest BCUT2D eigenvalue weighted by Crippen LogP contribution is 2.61. The molecule has 2 aromatic carbocycles. The average Bonchev–Trinajstić information content (AvgIpc) is 3.52. The van der Waals surface area contributed by atoms with Gasteiger partial charge in [-0.3, -0.25) is 29.6 Å². The van der Waals surface area contributed by atoms with Crippen LogP contribution in [-0.4, -0.2) is 44.2 Å². The Balaban J connectivity index is 1.59. The zero-order valence-electron chi connectivity index (χ0n) is 18.0. The summed E-state index contributed by atoms with van der Waals surface area (Å²) in [5.41, 5.74) is 1.62. The van der Waals surface area contributed by atoms with Crippen LogP contribution in [0.25, 0.3) is 0 Å². The lowest BCUT2D eigenvalue weighted by molar-refractivity contribution is -0.384. The van der Waals surface area contributed by atoms with Crippen LogP contribution < -0.4 is 5.32 Å². The maximum atomic E-state index is 14.2. The van der Waals surface area contributed by atoms with Crippen LogP contribution in [0.3, 0.4) is 0 Å². The largest absolute Gasteiger partial charge is 0.324 e. The molecule has 2 fully saturated rings. The quantitative estimate of drug-likeness (QED) is 0.350. The number of hydrogen-bond acceptors (Lipinski definition) is 7. The van der Waals surface area contributed by atoms with Crippen LogP contribution >= 0.6 is 11.8 Å². The first-order valence-corrected chi connectivity index (χ1v) is 12.1. The SMILES string of the molecule is O=C(c1cccnc1)[C@H]1[C@H](c2ccc([N+](=O)[O-])cc2)[C@H]2CSCN2[C@@]12C(=O)Nc1ccccc12. The minimum absolute atomic E-state index is 0.00629. The average molecular weight is 473 g/mol. The van der Waals surface area contributed by atoms with E-state index in [0.717, 1.165) is 22.6 Å². The van der Waals surface area contributed by atoms with E-state index in [0.29, 0.717) is 11.4 Å². The summed E-state index contributed by atoms with van der Waals surface area (Å²) in [6.45, 7) is 0. The van der Waals surface area contributed by atoms with Crippen LogP contribution in [-0.2, 0) is 10.3 Å². The Labute approximate surface area is 199 Å². The summed E-state index contributed by atoms with van der Waals surface area (Å²) in [6.07, 6.45) is 3.15. The van der Waals surface area contributed by atoms with Gasteiger partial charge < -0.3 is 5.32 Å². The van der Waals surface area contributed by atoms with Gasteiger partial charge >= 0.3 is 0 Å². The molecule has 4 heterocycles. The van der Waals surface area contributed by atoms with Crippen molar-refractivity contribution in [3.8, 4) is 0 Å². The van der Waals surface area contributed by atoms with Crippen molar-refractivity contribution in [2.75, 3.05) is 16.9 Å². The van der Waals surface area contributed by atoms with Crippen LogP contribution in [0, 0.1) is 16.0 Å². The number of thioether (sulfide) groups is 1. The molecule has 2 saturated heterocycles. The molecule has 1 spiro atoms. The predicted molar refractivity (Wildman–Crippen MR) is 128 cm³/mol. The molecule has 170 valence electrons. The Hall–Kier alpha value is -3.56. The number of fused-ring (bicyclic) bond motifs is 4. The second-order valence-electron chi connectivity index (χ2n) is 8.76. The Bertz CT molecular complexity index is 1320. The number of carbonyl (C=O) groups is 2. The van der Waals surface area contributed by atoms with E-state index < -0.39 is 16.4 Å². The number of hydrogen-bond donors (Lipinski definition) is 1. The first-order chi connectivity index (χ1) is 16.5. The lowest BCUT2D eigenvalue weighted by Crippen LogP contribution is -2.52. The number of amides is 1. The van der Waals surface area contributed by atoms with E-state index in [9.17, 15) is 19.7 Å². The molecule has 3 aromatic rings. The monoisotopic (exact) mass is 472 g/mol. The molecular weight excluding hydrogens is 452 g/mol. The van der Waals surface area contributed by atoms with Gasteiger partial charge in [0.1, 0.15) is 5.54 Å². The van der Waals surface area contributed by atoms with Crippen molar-refractivity contribution in [2.45, 2.75) is 17.5 Å². The Kier molecular flexibility index (Phi) is 4.79. The van der Waals surface area contributed by atoms with Gasteiger partial charge in [-0.25, -0.2) is 0 Å². The third-order valence-corrected chi connectivity index (χ3v) is 8.28. The number of carbonyl (C=O) groups excluding carboxylic acids is 2. The fourth-order valence-corrected chi connectivity index (χ4v) is 7.24. The minimum Gasteiger partial charge on any atom is -0.324 e. The van der Waals surface area contributed by atoms with Crippen molar-refractivity contribution in [1.82, 2.24) is 9.88 Å². The third kappa shape index (κ3) is 2.80. The Morgan fingerprint density at radius 1 is 1.15 bits per heavy atom. The van der Waals surface area contributed by atoms with Gasteiger partial charge in [-0.05, 0) is 23.8 Å². The second kappa shape index (κ2) is 7.75. The highest BCUT2D eigenvalue weighted by atomic mass is 32.2. The first kappa shape index (κ1) is 21.0. The number of Topliss-reactive ketones (excluding diaryl/α,β-unsaturated/α-hetero) is 1. The van der Waals surface area contributed by atoms with E-state index in [4.69, 9.17) is 0 Å². The predicted octanol–water partition coefficient (Wildman–Crippen LogP) is 3.81. The van der Waals surface area contributed by atoms with E-state index in [2.05, 4.69) is 15.2 Å². The lowest BCUT2D eigenvalue weighted by Gasteiger charge is -2.36. The number of nitrogens with zero attached hydrogens (tertiary/aromatic N) is 3. The summed E-state index contributed by atoms with van der Waals surface area (Å²) >= 11 is 1.73. The van der Waals surface area contributed by atoms with Crippen molar-refractivity contribution in [3.63, 3.8) is 0 Å². The van der Waals surface area contributed by atoms with Gasteiger partial charge in [0.2, 0.25) is 5.91 Å². The zero-order valence-corrected chi connectivity index (χ0v) is 18.8. The molecule has 34 heavy (non-hydrogen) atoms. The van der Waals surface area contributed by atoms with E-state index in [1.54, 1.807) is 48.4 Å². The standard InChI is InChI=1S/C25H20N4O4S/c30-23(16-4-3-11-26-12-16)22-21(15-7-9-17(10-8-15)29(32)33)20-13-34-14-28(20)25(22)18-5-1-2-6-19(18)27-24(25)31/h1-12,20-22H,13-14H2,(H,27,31)/t20-,21-,22-,25-/m1/s1. The zero-order chi connectivity index (χ0) is 23.4. The van der Waals surface area contributed by atoms with E-state index in [1.807, 2.05) is 24.3 Å². The molecule has 0 aliphatic carbocycles. The van der Waals surface area contributed by atoms with Gasteiger partial charge in [0.25, 0.3) is 5.69 Å². The van der Waals surface area contributed by atoms with Gasteiger partial charge in [-0.15, -0.1) is 11.8 Å². The topological polar surface area (TPSA) is 105 Å². The molecular formula is C25H20N4O4S. The van der Waals surface area contributed by atoms with Crippen molar-refractivity contribution >= 4 is 34.8 Å². The number of nitro benzene ring substituents is 1. The van der Waals surface area contributed by atoms with E-state index in [1.165, 1.54) is 12.1 Å². The van der Waals surface area contributed by atoms with Crippen molar-refractivity contribution < 1.29 is 14.5 Å². The normalized spacial score (nSPS) is 27.4. The number of benzene rings is 2. The highest BCUT2D eigenvalue weighted by Gasteiger charge is 2.69. The molecule has 1 N–H and O–H groups in total. The van der Waals surface area contributed by atoms with Gasteiger partial charge in [-0.1, -0.05) is 30.3 Å². The fraction of sp³-hybridized carbons (Fsp3) is 0.240. The third-order valence-electron chi connectivity index (χ3n) is 7.25. The highest BCUT2D eigenvalue weighted by molar-refractivity contribution is 7.99. The van der Waals surface area contributed by atoms with E-state index >= 15 is 0 Å².